The van der Waals surface area contributed by atoms with Crippen molar-refractivity contribution in [1.82, 2.24) is 4.57 Å². The Morgan fingerprint density at radius 3 is 2.50 bits per heavy atom. The maximum Gasteiger partial charge on any atom is 0.338 e. The van der Waals surface area contributed by atoms with Crippen LogP contribution in [0.15, 0.2) is 75.7 Å². The maximum atomic E-state index is 14.0. The van der Waals surface area contributed by atoms with E-state index in [9.17, 15) is 14.4 Å². The van der Waals surface area contributed by atoms with Gasteiger partial charge in [0.05, 0.1) is 35.2 Å². The average Bonchev–Trinajstić information content (AvgIpc) is 3.34. The topological polar surface area (TPSA) is 81.0 Å². The van der Waals surface area contributed by atoms with E-state index in [1.165, 1.54) is 15.9 Å². The lowest BCUT2D eigenvalue weighted by atomic mass is 9.96. The predicted octanol–water partition coefficient (Wildman–Crippen LogP) is 3.32. The van der Waals surface area contributed by atoms with E-state index in [0.29, 0.717) is 32.7 Å². The van der Waals surface area contributed by atoms with Crippen LogP contribution in [0.25, 0.3) is 5.57 Å². The van der Waals surface area contributed by atoms with E-state index in [4.69, 9.17) is 4.74 Å². The molecule has 2 aliphatic rings. The molecule has 1 atom stereocenters. The zero-order valence-corrected chi connectivity index (χ0v) is 21.3. The zero-order valence-electron chi connectivity index (χ0n) is 20.5. The highest BCUT2D eigenvalue weighted by Crippen LogP contribution is 2.35. The second kappa shape index (κ2) is 9.70. The summed E-state index contributed by atoms with van der Waals surface area (Å²) in [5.41, 5.74) is 3.24. The van der Waals surface area contributed by atoms with Crippen molar-refractivity contribution in [2.24, 2.45) is 4.99 Å². The van der Waals surface area contributed by atoms with Gasteiger partial charge in [-0.2, -0.15) is 0 Å². The second-order valence-corrected chi connectivity index (χ2v) is 9.71. The molecule has 2 aromatic carbocycles. The van der Waals surface area contributed by atoms with E-state index in [-0.39, 0.29) is 18.1 Å². The van der Waals surface area contributed by atoms with Crippen molar-refractivity contribution in [1.29, 1.82) is 0 Å². The second-order valence-electron chi connectivity index (χ2n) is 8.74. The smallest absolute Gasteiger partial charge is 0.338 e. The average molecular weight is 502 g/mol. The van der Waals surface area contributed by atoms with Gasteiger partial charge in [0.25, 0.3) is 11.5 Å². The molecule has 0 bridgehead atoms. The fourth-order valence-corrected chi connectivity index (χ4v) is 5.97. The Hall–Kier alpha value is -3.78. The molecule has 36 heavy (non-hydrogen) atoms. The minimum Gasteiger partial charge on any atom is -0.463 e. The van der Waals surface area contributed by atoms with Crippen molar-refractivity contribution in [2.75, 3.05) is 18.1 Å². The van der Waals surface area contributed by atoms with Gasteiger partial charge in [-0.05, 0) is 31.9 Å². The van der Waals surface area contributed by atoms with Crippen LogP contribution in [0.5, 0.6) is 0 Å². The number of carbonyl (C=O) groups is 2. The lowest BCUT2D eigenvalue weighted by molar-refractivity contribution is -0.139. The number of thiazole rings is 1. The predicted molar refractivity (Wildman–Crippen MR) is 139 cm³/mol. The van der Waals surface area contributed by atoms with Crippen LogP contribution in [-0.2, 0) is 14.3 Å². The Morgan fingerprint density at radius 1 is 1.06 bits per heavy atom. The first-order valence-corrected chi connectivity index (χ1v) is 13.0. The Morgan fingerprint density at radius 2 is 1.78 bits per heavy atom. The Balaban J connectivity index is 1.78. The number of amides is 1. The minimum atomic E-state index is -0.696. The summed E-state index contributed by atoms with van der Waals surface area (Å²) >= 11 is 1.19. The van der Waals surface area contributed by atoms with Gasteiger partial charge in [-0.25, -0.2) is 9.79 Å². The van der Waals surface area contributed by atoms with Crippen molar-refractivity contribution in [3.8, 4) is 0 Å². The van der Waals surface area contributed by atoms with Crippen molar-refractivity contribution in [2.45, 2.75) is 39.7 Å². The van der Waals surface area contributed by atoms with Crippen molar-refractivity contribution < 1.29 is 14.3 Å². The molecule has 1 aromatic heterocycles. The molecular weight excluding hydrogens is 474 g/mol. The fraction of sp³-hybridized carbons (Fsp3) is 0.286. The van der Waals surface area contributed by atoms with Gasteiger partial charge in [0.2, 0.25) is 0 Å². The third kappa shape index (κ3) is 3.82. The summed E-state index contributed by atoms with van der Waals surface area (Å²) in [4.78, 5) is 47.5. The molecule has 0 fully saturated rings. The minimum absolute atomic E-state index is 0.174. The number of fused-ring (bicyclic) bond motifs is 2. The third-order valence-electron chi connectivity index (χ3n) is 6.49. The van der Waals surface area contributed by atoms with E-state index in [2.05, 4.69) is 11.9 Å². The van der Waals surface area contributed by atoms with E-state index < -0.39 is 12.0 Å². The van der Waals surface area contributed by atoms with Crippen LogP contribution >= 0.6 is 11.3 Å². The van der Waals surface area contributed by atoms with E-state index >= 15 is 0 Å². The molecule has 0 saturated heterocycles. The normalized spacial score (nSPS) is 18.1. The number of aromatic nitrogens is 1. The first-order valence-electron chi connectivity index (χ1n) is 12.2. The van der Waals surface area contributed by atoms with Gasteiger partial charge in [0.1, 0.15) is 4.53 Å². The van der Waals surface area contributed by atoms with Crippen LogP contribution in [-0.4, -0.2) is 29.6 Å². The number of esters is 1. The van der Waals surface area contributed by atoms with Crippen molar-refractivity contribution >= 4 is 34.5 Å². The highest BCUT2D eigenvalue weighted by atomic mass is 32.1. The Bertz CT molecular complexity index is 1570. The number of carbonyl (C=O) groups excluding carboxylic acids is 2. The molecule has 3 heterocycles. The molecule has 0 spiro atoms. The van der Waals surface area contributed by atoms with Crippen LogP contribution < -0.4 is 19.8 Å². The number of hydrogen-bond donors (Lipinski definition) is 0. The molecule has 0 radical (unpaired) electrons. The SMILES string of the molecule is CCCCN1C(=O)C(=c2sc3n(c2=O)[C@@H](c2ccccc2)C(C(=O)OCC)=C(C)N=3)c2ccccc21. The molecule has 0 unspecified atom stereocenters. The molecule has 0 N–H and O–H groups in total. The third-order valence-corrected chi connectivity index (χ3v) is 7.55. The summed E-state index contributed by atoms with van der Waals surface area (Å²) in [5, 5.41) is 0. The van der Waals surface area contributed by atoms with Crippen LogP contribution in [0.2, 0.25) is 0 Å². The van der Waals surface area contributed by atoms with Gasteiger partial charge in [0, 0.05) is 12.1 Å². The van der Waals surface area contributed by atoms with E-state index in [0.717, 1.165) is 29.7 Å². The van der Waals surface area contributed by atoms with Crippen molar-refractivity contribution in [3.63, 3.8) is 0 Å². The van der Waals surface area contributed by atoms with Crippen LogP contribution in [0.4, 0.5) is 5.69 Å². The summed E-state index contributed by atoms with van der Waals surface area (Å²) in [6.45, 7) is 6.39. The largest absolute Gasteiger partial charge is 0.463 e. The molecular formula is C28H27N3O4S. The molecule has 7 nitrogen and oxygen atoms in total. The van der Waals surface area contributed by atoms with Crippen molar-refractivity contribution in [3.05, 3.63) is 96.7 Å². The van der Waals surface area contributed by atoms with E-state index in [1.54, 1.807) is 18.7 Å². The Labute approximate surface area is 212 Å². The number of benzene rings is 2. The quantitative estimate of drug-likeness (QED) is 0.486. The number of hydrogen-bond acceptors (Lipinski definition) is 6. The molecule has 8 heteroatoms. The molecule has 1 amide bonds. The summed E-state index contributed by atoms with van der Waals surface area (Å²) in [6, 6.07) is 16.3. The van der Waals surface area contributed by atoms with Gasteiger partial charge in [0.15, 0.2) is 4.80 Å². The van der Waals surface area contributed by atoms with Crippen LogP contribution in [0.3, 0.4) is 0 Å². The summed E-state index contributed by atoms with van der Waals surface area (Å²) in [6.07, 6.45) is 1.82. The number of para-hydroxylation sites is 1. The number of allylic oxidation sites excluding steroid dienone is 1. The molecule has 184 valence electrons. The summed E-state index contributed by atoms with van der Waals surface area (Å²) in [7, 11) is 0. The van der Waals surface area contributed by atoms with Gasteiger partial charge in [-0.1, -0.05) is 73.2 Å². The van der Waals surface area contributed by atoms with Gasteiger partial charge in [-0.3, -0.25) is 14.2 Å². The maximum absolute atomic E-state index is 14.0. The molecule has 0 saturated carbocycles. The van der Waals surface area contributed by atoms with Gasteiger partial charge in [-0.15, -0.1) is 0 Å². The number of anilines is 1. The van der Waals surface area contributed by atoms with Crippen LogP contribution in [0, 0.1) is 0 Å². The summed E-state index contributed by atoms with van der Waals surface area (Å²) < 4.78 is 7.22. The molecule has 2 aliphatic heterocycles. The zero-order chi connectivity index (χ0) is 25.4. The molecule has 5 rings (SSSR count). The number of unbranched alkanes of at least 4 members (excludes halogenated alkanes) is 1. The number of nitrogens with zero attached hydrogens (tertiary/aromatic N) is 3. The molecule has 0 aliphatic carbocycles. The first-order chi connectivity index (χ1) is 17.5. The summed E-state index contributed by atoms with van der Waals surface area (Å²) in [5.74, 6) is -0.675. The number of rotatable bonds is 6. The monoisotopic (exact) mass is 501 g/mol. The lowest BCUT2D eigenvalue weighted by Gasteiger charge is -2.24. The highest BCUT2D eigenvalue weighted by molar-refractivity contribution is 7.07. The fourth-order valence-electron chi connectivity index (χ4n) is 4.83. The van der Waals surface area contributed by atoms with Crippen LogP contribution in [0.1, 0.15) is 50.8 Å². The Kier molecular flexibility index (Phi) is 6.45. The highest BCUT2D eigenvalue weighted by Gasteiger charge is 2.37. The number of ether oxygens (including phenoxy) is 1. The first kappa shape index (κ1) is 23.9. The van der Waals surface area contributed by atoms with E-state index in [1.807, 2.05) is 54.6 Å². The van der Waals surface area contributed by atoms with Gasteiger partial charge < -0.3 is 9.64 Å². The standard InChI is InChI=1S/C28H27N3O4S/c1-4-6-16-30-20-15-11-10-14-19(20)22(25(30)32)24-26(33)31-23(18-12-8-7-9-13-18)21(27(34)35-5-2)17(3)29-28(31)36-24/h7-15,23H,4-6,16H2,1-3H3/t23-/m0/s1. The van der Waals surface area contributed by atoms with Gasteiger partial charge >= 0.3 is 5.97 Å². The lowest BCUT2D eigenvalue weighted by Crippen LogP contribution is -2.41. The molecule has 3 aromatic rings.